The van der Waals surface area contributed by atoms with Crippen molar-refractivity contribution in [3.8, 4) is 0 Å². The number of piperazine rings is 1. The van der Waals surface area contributed by atoms with Crippen LogP contribution in [0.15, 0.2) is 12.4 Å². The molecular weight excluding hydrogens is 250 g/mol. The average Bonchev–Trinajstić information content (AvgIpc) is 3.10. The Balaban J connectivity index is 1.46. The van der Waals surface area contributed by atoms with Crippen molar-refractivity contribution >= 4 is 0 Å². The molecule has 2 aliphatic rings. The molecule has 1 aromatic rings. The van der Waals surface area contributed by atoms with Crippen LogP contribution in [0.3, 0.4) is 0 Å². The van der Waals surface area contributed by atoms with Gasteiger partial charge in [0, 0.05) is 63.6 Å². The van der Waals surface area contributed by atoms with Crippen LogP contribution in [0.4, 0.5) is 0 Å². The third-order valence-electron chi connectivity index (χ3n) is 4.86. The first-order valence-electron chi connectivity index (χ1n) is 7.93. The molecule has 5 nitrogen and oxygen atoms in total. The Morgan fingerprint density at radius 1 is 1.25 bits per heavy atom. The molecule has 1 saturated heterocycles. The number of rotatable bonds is 4. The highest BCUT2D eigenvalue weighted by Crippen LogP contribution is 2.24. The van der Waals surface area contributed by atoms with Crippen LogP contribution in [0, 0.1) is 0 Å². The molecule has 2 heterocycles. The summed E-state index contributed by atoms with van der Waals surface area (Å²) in [6.07, 6.45) is 9.59. The smallest absolute Gasteiger partial charge is 0.0537 e. The van der Waals surface area contributed by atoms with Gasteiger partial charge >= 0.3 is 0 Å². The van der Waals surface area contributed by atoms with Crippen molar-refractivity contribution in [2.24, 2.45) is 12.8 Å². The Morgan fingerprint density at radius 2 is 1.95 bits per heavy atom. The Bertz CT molecular complexity index is 416. The lowest BCUT2D eigenvalue weighted by atomic mass is 10.1. The minimum atomic E-state index is 0.0849. The second kappa shape index (κ2) is 6.24. The van der Waals surface area contributed by atoms with E-state index >= 15 is 0 Å². The van der Waals surface area contributed by atoms with Gasteiger partial charge in [0.05, 0.1) is 6.20 Å². The summed E-state index contributed by atoms with van der Waals surface area (Å²) < 4.78 is 1.83. The number of aryl methyl sites for hydroxylation is 1. The van der Waals surface area contributed by atoms with Crippen molar-refractivity contribution in [1.29, 1.82) is 0 Å². The molecule has 1 atom stereocenters. The summed E-state index contributed by atoms with van der Waals surface area (Å²) in [5.41, 5.74) is 7.43. The summed E-state index contributed by atoms with van der Waals surface area (Å²) in [6, 6.07) is 0.950. The monoisotopic (exact) mass is 277 g/mol. The second-order valence-electron chi connectivity index (χ2n) is 6.33. The van der Waals surface area contributed by atoms with Crippen LogP contribution in [-0.4, -0.2) is 58.3 Å². The maximum atomic E-state index is 6.29. The van der Waals surface area contributed by atoms with Gasteiger partial charge < -0.3 is 5.73 Å². The molecule has 0 spiro atoms. The van der Waals surface area contributed by atoms with Gasteiger partial charge in [0.15, 0.2) is 0 Å². The third kappa shape index (κ3) is 3.22. The standard InChI is InChI=1S/C15H27N5/c1-18-11-13(10-17-18)15(16)12-19-6-8-20(9-7-19)14-4-2-3-5-14/h10-11,14-15H,2-9,12,16H2,1H3. The minimum Gasteiger partial charge on any atom is -0.323 e. The average molecular weight is 277 g/mol. The van der Waals surface area contributed by atoms with Gasteiger partial charge in [0.25, 0.3) is 0 Å². The zero-order valence-electron chi connectivity index (χ0n) is 12.5. The number of nitrogens with zero attached hydrogens (tertiary/aromatic N) is 4. The Labute approximate surface area is 121 Å². The molecule has 0 aromatic carbocycles. The molecule has 1 aliphatic heterocycles. The molecular formula is C15H27N5. The fourth-order valence-corrected chi connectivity index (χ4v) is 3.60. The van der Waals surface area contributed by atoms with Crippen LogP contribution in [0.2, 0.25) is 0 Å². The fraction of sp³-hybridized carbons (Fsp3) is 0.800. The van der Waals surface area contributed by atoms with Crippen molar-refractivity contribution in [1.82, 2.24) is 19.6 Å². The predicted octanol–water partition coefficient (Wildman–Crippen LogP) is 0.980. The van der Waals surface area contributed by atoms with Crippen molar-refractivity contribution in [2.75, 3.05) is 32.7 Å². The van der Waals surface area contributed by atoms with E-state index in [1.54, 1.807) is 0 Å². The highest BCUT2D eigenvalue weighted by molar-refractivity contribution is 5.10. The van der Waals surface area contributed by atoms with Gasteiger partial charge in [-0.25, -0.2) is 0 Å². The number of aromatic nitrogens is 2. The molecule has 0 radical (unpaired) electrons. The fourth-order valence-electron chi connectivity index (χ4n) is 3.60. The molecule has 3 rings (SSSR count). The summed E-state index contributed by atoms with van der Waals surface area (Å²) in [5.74, 6) is 0. The summed E-state index contributed by atoms with van der Waals surface area (Å²) in [4.78, 5) is 5.20. The first kappa shape index (κ1) is 14.0. The summed E-state index contributed by atoms with van der Waals surface area (Å²) in [6.45, 7) is 5.69. The largest absolute Gasteiger partial charge is 0.323 e. The molecule has 2 fully saturated rings. The Kier molecular flexibility index (Phi) is 4.38. The Morgan fingerprint density at radius 3 is 2.55 bits per heavy atom. The van der Waals surface area contributed by atoms with E-state index in [1.807, 2.05) is 24.1 Å². The van der Waals surface area contributed by atoms with Gasteiger partial charge in [-0.1, -0.05) is 12.8 Å². The molecule has 1 aliphatic carbocycles. The van der Waals surface area contributed by atoms with Crippen LogP contribution in [0.25, 0.3) is 0 Å². The van der Waals surface area contributed by atoms with Crippen molar-refractivity contribution < 1.29 is 0 Å². The molecule has 20 heavy (non-hydrogen) atoms. The zero-order chi connectivity index (χ0) is 13.9. The maximum absolute atomic E-state index is 6.29. The van der Waals surface area contributed by atoms with E-state index in [1.165, 1.54) is 38.8 Å². The first-order chi connectivity index (χ1) is 9.72. The van der Waals surface area contributed by atoms with Gasteiger partial charge in [-0.05, 0) is 12.8 Å². The van der Waals surface area contributed by atoms with Crippen LogP contribution >= 0.6 is 0 Å². The topological polar surface area (TPSA) is 50.3 Å². The number of nitrogens with two attached hydrogens (primary N) is 1. The van der Waals surface area contributed by atoms with E-state index in [0.717, 1.165) is 31.2 Å². The molecule has 0 bridgehead atoms. The molecule has 1 aromatic heterocycles. The molecule has 2 N–H and O–H groups in total. The van der Waals surface area contributed by atoms with Crippen molar-refractivity contribution in [2.45, 2.75) is 37.8 Å². The Hall–Kier alpha value is -0.910. The lowest BCUT2D eigenvalue weighted by Crippen LogP contribution is -2.50. The first-order valence-corrected chi connectivity index (χ1v) is 7.93. The third-order valence-corrected chi connectivity index (χ3v) is 4.86. The number of hydrogen-bond acceptors (Lipinski definition) is 4. The van der Waals surface area contributed by atoms with Gasteiger partial charge in [0.2, 0.25) is 0 Å². The highest BCUT2D eigenvalue weighted by Gasteiger charge is 2.26. The predicted molar refractivity (Wildman–Crippen MR) is 80.4 cm³/mol. The maximum Gasteiger partial charge on any atom is 0.0537 e. The van der Waals surface area contributed by atoms with Crippen LogP contribution in [-0.2, 0) is 7.05 Å². The molecule has 0 amide bonds. The van der Waals surface area contributed by atoms with Gasteiger partial charge in [-0.3, -0.25) is 14.5 Å². The van der Waals surface area contributed by atoms with Crippen molar-refractivity contribution in [3.05, 3.63) is 18.0 Å². The van der Waals surface area contributed by atoms with E-state index in [4.69, 9.17) is 5.73 Å². The van der Waals surface area contributed by atoms with Crippen molar-refractivity contribution in [3.63, 3.8) is 0 Å². The number of hydrogen-bond donors (Lipinski definition) is 1. The van der Waals surface area contributed by atoms with Gasteiger partial charge in [-0.15, -0.1) is 0 Å². The zero-order valence-corrected chi connectivity index (χ0v) is 12.5. The van der Waals surface area contributed by atoms with Crippen LogP contribution in [0.1, 0.15) is 37.3 Å². The minimum absolute atomic E-state index is 0.0849. The highest BCUT2D eigenvalue weighted by atomic mass is 15.3. The van der Waals surface area contributed by atoms with Crippen LogP contribution < -0.4 is 5.73 Å². The van der Waals surface area contributed by atoms with Gasteiger partial charge in [0.1, 0.15) is 0 Å². The quantitative estimate of drug-likeness (QED) is 0.891. The van der Waals surface area contributed by atoms with E-state index in [0.29, 0.717) is 0 Å². The van der Waals surface area contributed by atoms with Gasteiger partial charge in [-0.2, -0.15) is 5.10 Å². The van der Waals surface area contributed by atoms with E-state index in [9.17, 15) is 0 Å². The lowest BCUT2D eigenvalue weighted by molar-refractivity contribution is 0.0942. The lowest BCUT2D eigenvalue weighted by Gasteiger charge is -2.38. The van der Waals surface area contributed by atoms with Crippen LogP contribution in [0.5, 0.6) is 0 Å². The summed E-state index contributed by atoms with van der Waals surface area (Å²) >= 11 is 0. The van der Waals surface area contributed by atoms with E-state index in [2.05, 4.69) is 14.9 Å². The summed E-state index contributed by atoms with van der Waals surface area (Å²) in [7, 11) is 1.94. The normalized spacial score (nSPS) is 24.3. The molecule has 5 heteroatoms. The molecule has 112 valence electrons. The van der Waals surface area contributed by atoms with E-state index in [-0.39, 0.29) is 6.04 Å². The second-order valence-corrected chi connectivity index (χ2v) is 6.33. The molecule has 1 saturated carbocycles. The SMILES string of the molecule is Cn1cc(C(N)CN2CCN(C3CCCC3)CC2)cn1. The molecule has 1 unspecified atom stereocenters. The summed E-state index contributed by atoms with van der Waals surface area (Å²) in [5, 5.41) is 4.21. The van der Waals surface area contributed by atoms with E-state index < -0.39 is 0 Å².